The fourth-order valence-electron chi connectivity index (χ4n) is 3.37. The molecule has 1 aromatic carbocycles. The van der Waals surface area contributed by atoms with E-state index in [9.17, 15) is 18.0 Å². The molecule has 1 aromatic heterocycles. The van der Waals surface area contributed by atoms with E-state index in [1.807, 2.05) is 0 Å². The molecule has 1 saturated heterocycles. The second-order valence-electron chi connectivity index (χ2n) is 6.36. The van der Waals surface area contributed by atoms with Crippen molar-refractivity contribution < 1.29 is 13.2 Å². The number of hydrogen-bond donors (Lipinski definition) is 0. The number of rotatable bonds is 3. The number of piperidine rings is 1. The fourth-order valence-corrected chi connectivity index (χ4v) is 3.37. The molecule has 0 saturated carbocycles. The first-order valence-corrected chi connectivity index (χ1v) is 8.13. The molecule has 0 bridgehead atoms. The van der Waals surface area contributed by atoms with Crippen molar-refractivity contribution in [2.45, 2.75) is 44.4 Å². The SMILES string of the molecule is CN1CCCC[C@H]1CCn1cnc2c(C(F)(F)F)cccc2c1=O. The van der Waals surface area contributed by atoms with E-state index in [2.05, 4.69) is 16.9 Å². The number of hydrogen-bond acceptors (Lipinski definition) is 3. The van der Waals surface area contributed by atoms with Gasteiger partial charge < -0.3 is 4.90 Å². The largest absolute Gasteiger partial charge is 0.418 e. The molecule has 0 amide bonds. The van der Waals surface area contributed by atoms with Crippen LogP contribution in [0.1, 0.15) is 31.2 Å². The Bertz CT molecular complexity index is 785. The number of benzene rings is 1. The van der Waals surface area contributed by atoms with Crippen molar-refractivity contribution in [1.29, 1.82) is 0 Å². The Morgan fingerprint density at radius 3 is 2.79 bits per heavy atom. The van der Waals surface area contributed by atoms with E-state index in [1.54, 1.807) is 0 Å². The van der Waals surface area contributed by atoms with E-state index < -0.39 is 17.3 Å². The van der Waals surface area contributed by atoms with Gasteiger partial charge in [0.1, 0.15) is 0 Å². The van der Waals surface area contributed by atoms with Gasteiger partial charge in [-0.05, 0) is 45.0 Å². The van der Waals surface area contributed by atoms with E-state index >= 15 is 0 Å². The summed E-state index contributed by atoms with van der Waals surface area (Å²) in [5, 5.41) is 0.0179. The van der Waals surface area contributed by atoms with E-state index in [4.69, 9.17) is 0 Å². The normalized spacial score (nSPS) is 19.8. The Kier molecular flexibility index (Phi) is 4.62. The van der Waals surface area contributed by atoms with Crippen LogP contribution in [-0.4, -0.2) is 34.1 Å². The van der Waals surface area contributed by atoms with Crippen LogP contribution in [0.2, 0.25) is 0 Å². The number of para-hydroxylation sites is 1. The molecule has 0 radical (unpaired) electrons. The molecule has 0 unspecified atom stereocenters. The predicted octanol–water partition coefficient (Wildman–Crippen LogP) is 3.29. The first kappa shape index (κ1) is 17.0. The van der Waals surface area contributed by atoms with Crippen molar-refractivity contribution in [3.8, 4) is 0 Å². The monoisotopic (exact) mass is 339 g/mol. The summed E-state index contributed by atoms with van der Waals surface area (Å²) in [4.78, 5) is 18.7. The van der Waals surface area contributed by atoms with Crippen LogP contribution in [-0.2, 0) is 12.7 Å². The van der Waals surface area contributed by atoms with Gasteiger partial charge in [-0.15, -0.1) is 0 Å². The van der Waals surface area contributed by atoms with Crippen LogP contribution in [0.5, 0.6) is 0 Å². The number of alkyl halides is 3. The zero-order valence-electron chi connectivity index (χ0n) is 13.5. The minimum atomic E-state index is -4.52. The van der Waals surface area contributed by atoms with Gasteiger partial charge in [0.25, 0.3) is 5.56 Å². The zero-order valence-corrected chi connectivity index (χ0v) is 13.5. The van der Waals surface area contributed by atoms with Gasteiger partial charge in [0.2, 0.25) is 0 Å². The minimum Gasteiger partial charge on any atom is -0.303 e. The molecular formula is C17H20F3N3O. The Hall–Kier alpha value is -1.89. The fraction of sp³-hybridized carbons (Fsp3) is 0.529. The lowest BCUT2D eigenvalue weighted by atomic mass is 10.0. The number of aryl methyl sites for hydroxylation is 1. The topological polar surface area (TPSA) is 38.1 Å². The molecule has 2 heterocycles. The van der Waals surface area contributed by atoms with Gasteiger partial charge in [0.15, 0.2) is 0 Å². The third kappa shape index (κ3) is 3.31. The van der Waals surface area contributed by atoms with Gasteiger partial charge >= 0.3 is 6.18 Å². The van der Waals surface area contributed by atoms with Crippen molar-refractivity contribution in [1.82, 2.24) is 14.5 Å². The summed E-state index contributed by atoms with van der Waals surface area (Å²) < 4.78 is 40.5. The molecular weight excluding hydrogens is 319 g/mol. The van der Waals surface area contributed by atoms with E-state index in [0.717, 1.165) is 25.5 Å². The smallest absolute Gasteiger partial charge is 0.303 e. The second-order valence-corrected chi connectivity index (χ2v) is 6.36. The molecule has 1 fully saturated rings. The van der Waals surface area contributed by atoms with Crippen LogP contribution in [0.4, 0.5) is 13.2 Å². The highest BCUT2D eigenvalue weighted by atomic mass is 19.4. The lowest BCUT2D eigenvalue weighted by Gasteiger charge is -2.32. The average molecular weight is 339 g/mol. The van der Waals surface area contributed by atoms with Crippen LogP contribution < -0.4 is 5.56 Å². The molecule has 3 rings (SSSR count). The van der Waals surface area contributed by atoms with E-state index in [-0.39, 0.29) is 10.9 Å². The summed E-state index contributed by atoms with van der Waals surface area (Å²) in [6.45, 7) is 1.51. The molecule has 1 aliphatic rings. The van der Waals surface area contributed by atoms with Gasteiger partial charge in [-0.1, -0.05) is 12.5 Å². The number of fused-ring (bicyclic) bond motifs is 1. The maximum Gasteiger partial charge on any atom is 0.418 e. The van der Waals surface area contributed by atoms with Crippen molar-refractivity contribution in [3.05, 3.63) is 40.4 Å². The average Bonchev–Trinajstić information content (AvgIpc) is 2.54. The molecule has 0 spiro atoms. The minimum absolute atomic E-state index is 0.0179. The quantitative estimate of drug-likeness (QED) is 0.861. The molecule has 1 atom stereocenters. The van der Waals surface area contributed by atoms with Crippen molar-refractivity contribution in [2.24, 2.45) is 0 Å². The Labute approximate surface area is 137 Å². The van der Waals surface area contributed by atoms with Crippen LogP contribution >= 0.6 is 0 Å². The molecule has 0 N–H and O–H groups in total. The van der Waals surface area contributed by atoms with Crippen LogP contribution in [0, 0.1) is 0 Å². The summed E-state index contributed by atoms with van der Waals surface area (Å²) in [5.74, 6) is 0. The Morgan fingerprint density at radius 2 is 2.08 bits per heavy atom. The van der Waals surface area contributed by atoms with E-state index in [0.29, 0.717) is 12.6 Å². The molecule has 2 aromatic rings. The molecule has 4 nitrogen and oxygen atoms in total. The molecule has 1 aliphatic heterocycles. The first-order valence-electron chi connectivity index (χ1n) is 8.13. The summed E-state index contributed by atoms with van der Waals surface area (Å²) >= 11 is 0. The second kappa shape index (κ2) is 6.55. The number of likely N-dealkylation sites (tertiary alicyclic amines) is 1. The number of aromatic nitrogens is 2. The lowest BCUT2D eigenvalue weighted by Crippen LogP contribution is -2.37. The van der Waals surface area contributed by atoms with Crippen molar-refractivity contribution in [3.63, 3.8) is 0 Å². The molecule has 7 heteroatoms. The van der Waals surface area contributed by atoms with Gasteiger partial charge in [0.05, 0.1) is 22.8 Å². The van der Waals surface area contributed by atoms with Crippen LogP contribution in [0.3, 0.4) is 0 Å². The van der Waals surface area contributed by atoms with Gasteiger partial charge in [-0.3, -0.25) is 9.36 Å². The third-order valence-electron chi connectivity index (χ3n) is 4.78. The van der Waals surface area contributed by atoms with Gasteiger partial charge in [0, 0.05) is 12.6 Å². The standard InChI is InChI=1S/C17H20F3N3O/c1-22-9-3-2-5-12(22)8-10-23-11-21-15-13(16(23)24)6-4-7-14(15)17(18,19)20/h4,6-7,11-12H,2-3,5,8-10H2,1H3/t12-/m0/s1. The summed E-state index contributed by atoms with van der Waals surface area (Å²) in [5.41, 5.74) is -1.55. The highest BCUT2D eigenvalue weighted by molar-refractivity contribution is 5.81. The zero-order chi connectivity index (χ0) is 17.3. The maximum atomic E-state index is 13.0. The number of nitrogens with zero attached hydrogens (tertiary/aromatic N) is 3. The first-order chi connectivity index (χ1) is 11.4. The summed E-state index contributed by atoms with van der Waals surface area (Å²) in [7, 11) is 2.07. The third-order valence-corrected chi connectivity index (χ3v) is 4.78. The summed E-state index contributed by atoms with van der Waals surface area (Å²) in [6, 6.07) is 4.02. The maximum absolute atomic E-state index is 13.0. The predicted molar refractivity (Wildman–Crippen MR) is 85.9 cm³/mol. The van der Waals surface area contributed by atoms with Crippen molar-refractivity contribution >= 4 is 10.9 Å². The number of halogens is 3. The lowest BCUT2D eigenvalue weighted by molar-refractivity contribution is -0.136. The summed E-state index contributed by atoms with van der Waals surface area (Å²) in [6.07, 6.45) is 0.964. The molecule has 24 heavy (non-hydrogen) atoms. The van der Waals surface area contributed by atoms with Crippen molar-refractivity contribution in [2.75, 3.05) is 13.6 Å². The molecule has 130 valence electrons. The van der Waals surface area contributed by atoms with E-state index in [1.165, 1.54) is 35.9 Å². The highest BCUT2D eigenvalue weighted by Crippen LogP contribution is 2.32. The van der Waals surface area contributed by atoms with Crippen LogP contribution in [0.15, 0.2) is 29.3 Å². The Morgan fingerprint density at radius 1 is 1.29 bits per heavy atom. The highest BCUT2D eigenvalue weighted by Gasteiger charge is 2.33. The molecule has 0 aliphatic carbocycles. The van der Waals surface area contributed by atoms with Gasteiger partial charge in [-0.25, -0.2) is 4.98 Å². The van der Waals surface area contributed by atoms with Gasteiger partial charge in [-0.2, -0.15) is 13.2 Å². The van der Waals surface area contributed by atoms with Crippen LogP contribution in [0.25, 0.3) is 10.9 Å². The Balaban J connectivity index is 1.88.